The van der Waals surface area contributed by atoms with Gasteiger partial charge in [-0.15, -0.1) is 0 Å². The molecule has 0 aliphatic heterocycles. The molecular weight excluding hydrogens is 623 g/mol. The molecule has 0 amide bonds. The molecule has 0 saturated heterocycles. The van der Waals surface area contributed by atoms with E-state index >= 15 is 0 Å². The molecule has 0 aromatic heterocycles. The molecule has 4 aromatic rings. The second-order valence-corrected chi connectivity index (χ2v) is 53.1. The van der Waals surface area contributed by atoms with E-state index in [1.165, 1.54) is 44.5 Å². The Morgan fingerprint density at radius 1 is 0.550 bits per heavy atom. The Hall–Kier alpha value is -1.96. The van der Waals surface area contributed by atoms with Gasteiger partial charge in [0.2, 0.25) is 0 Å². The number of allylic oxidation sites excluding steroid dienone is 2. The number of rotatable bonds is 7. The second kappa shape index (κ2) is 10.1. The zero-order chi connectivity index (χ0) is 28.2. The first-order chi connectivity index (χ1) is 19.3. The Bertz CT molecular complexity index is 1520. The fourth-order valence-electron chi connectivity index (χ4n) is 8.42. The van der Waals surface area contributed by atoms with E-state index in [1.54, 1.807) is 0 Å². The predicted octanol–water partition coefficient (Wildman–Crippen LogP) is 10.5. The van der Waals surface area contributed by atoms with Gasteiger partial charge >= 0.3 is 250 Å². The van der Waals surface area contributed by atoms with Crippen molar-refractivity contribution in [1.29, 1.82) is 0 Å². The fraction of sp³-hybridized carbons (Fsp3) is 0.222. The van der Waals surface area contributed by atoms with E-state index in [4.69, 9.17) is 17.0 Å². The molecule has 4 heteroatoms. The van der Waals surface area contributed by atoms with Crippen LogP contribution in [0.25, 0.3) is 12.2 Å². The Morgan fingerprint density at radius 2 is 0.900 bits per heavy atom. The number of fused-ring (bicyclic) bond motifs is 2. The monoisotopic (exact) mass is 657 g/mol. The molecule has 0 nitrogen and oxygen atoms in total. The van der Waals surface area contributed by atoms with Crippen LogP contribution in [0.15, 0.2) is 120 Å². The van der Waals surface area contributed by atoms with E-state index < -0.39 is 27.7 Å². The predicted molar refractivity (Wildman–Crippen MR) is 174 cm³/mol. The van der Waals surface area contributed by atoms with Crippen molar-refractivity contribution < 1.29 is 15.6 Å². The molecule has 0 bridgehead atoms. The SMILES string of the molecule is CCC1=Cc2ccccc2[C]1(c1ccccc1)[Zr]([Cl])([Cl])([SiH](C)C)[C]1(c2ccccc2)C(CC)=Cc2ccccc21. The molecule has 2 unspecified atom stereocenters. The third-order valence-corrected chi connectivity index (χ3v) is 65.3. The van der Waals surface area contributed by atoms with Crippen LogP contribution in [-0.2, 0) is 21.8 Å². The van der Waals surface area contributed by atoms with Crippen molar-refractivity contribution >= 4 is 35.1 Å². The van der Waals surface area contributed by atoms with Gasteiger partial charge in [-0.05, 0) is 0 Å². The molecule has 0 heterocycles. The summed E-state index contributed by atoms with van der Waals surface area (Å²) in [6, 6.07) is 40.0. The van der Waals surface area contributed by atoms with Gasteiger partial charge in [-0.25, -0.2) is 0 Å². The number of halogens is 2. The minimum absolute atomic E-state index is 0.570. The maximum atomic E-state index is 9.08. The van der Waals surface area contributed by atoms with Crippen molar-refractivity contribution in [1.82, 2.24) is 0 Å². The Balaban J connectivity index is 1.92. The number of hydrogen-bond donors (Lipinski definition) is 0. The normalized spacial score (nSPS) is 22.7. The topological polar surface area (TPSA) is 0 Å². The Morgan fingerprint density at radius 3 is 1.25 bits per heavy atom. The van der Waals surface area contributed by atoms with Gasteiger partial charge in [0.25, 0.3) is 0 Å². The second-order valence-electron chi connectivity index (χ2n) is 11.7. The molecule has 0 fully saturated rings. The van der Waals surface area contributed by atoms with E-state index in [-0.39, 0.29) is 0 Å². The van der Waals surface area contributed by atoms with Crippen LogP contribution in [0.3, 0.4) is 0 Å². The van der Waals surface area contributed by atoms with Gasteiger partial charge in [0.15, 0.2) is 0 Å². The van der Waals surface area contributed by atoms with Gasteiger partial charge in [0.1, 0.15) is 0 Å². The summed E-state index contributed by atoms with van der Waals surface area (Å²) >= 11 is -5.41. The fourth-order valence-corrected chi connectivity index (χ4v) is 49.3. The average molecular weight is 660 g/mol. The number of hydrogen-bond acceptors (Lipinski definition) is 0. The van der Waals surface area contributed by atoms with Crippen LogP contribution in [-0.4, -0.2) is 5.92 Å². The standard InChI is InChI=1S/2C17H15.C2H7Si.2ClH.Zr/c2*1-2-13-12-15-10-6-7-11-16(15)17(13)14-8-4-3-5-9-14;1-3-2;;;/h2*3-12H,2H2,1H3;3H,1-2H3;2*1H;/q;;;;;+2/p-2. The van der Waals surface area contributed by atoms with Gasteiger partial charge in [0.05, 0.1) is 0 Å². The van der Waals surface area contributed by atoms with Gasteiger partial charge < -0.3 is 0 Å². The Labute approximate surface area is 248 Å². The van der Waals surface area contributed by atoms with E-state index in [1.807, 2.05) is 0 Å². The van der Waals surface area contributed by atoms with Crippen molar-refractivity contribution in [2.24, 2.45) is 0 Å². The summed E-state index contributed by atoms with van der Waals surface area (Å²) < 4.78 is -1.14. The summed E-state index contributed by atoms with van der Waals surface area (Å²) in [4.78, 5) is 0. The van der Waals surface area contributed by atoms with Crippen molar-refractivity contribution in [2.75, 3.05) is 0 Å². The zero-order valence-electron chi connectivity index (χ0n) is 23.8. The maximum absolute atomic E-state index is 9.08. The molecule has 203 valence electrons. The van der Waals surface area contributed by atoms with Crippen LogP contribution >= 0.6 is 17.0 Å². The van der Waals surface area contributed by atoms with Crippen molar-refractivity contribution in [3.05, 3.63) is 154 Å². The first-order valence-electron chi connectivity index (χ1n) is 14.6. The average Bonchev–Trinajstić information content (AvgIpc) is 3.53. The third-order valence-electron chi connectivity index (χ3n) is 9.92. The minimum atomic E-state index is -5.41. The summed E-state index contributed by atoms with van der Waals surface area (Å²) in [6.07, 6.45) is 6.63. The van der Waals surface area contributed by atoms with Crippen molar-refractivity contribution in [3.8, 4) is 0 Å². The van der Waals surface area contributed by atoms with Crippen molar-refractivity contribution in [2.45, 2.75) is 46.0 Å². The Kier molecular flexibility index (Phi) is 7.11. The van der Waals surface area contributed by atoms with Gasteiger partial charge in [0, 0.05) is 0 Å². The zero-order valence-corrected chi connectivity index (χ0v) is 28.9. The molecule has 0 radical (unpaired) electrons. The quantitative estimate of drug-likeness (QED) is 0.173. The molecule has 0 N–H and O–H groups in total. The molecule has 0 saturated carbocycles. The van der Waals surface area contributed by atoms with Gasteiger partial charge in [-0.1, -0.05) is 0 Å². The summed E-state index contributed by atoms with van der Waals surface area (Å²) in [6.45, 7) is 9.47. The summed E-state index contributed by atoms with van der Waals surface area (Å²) in [5.74, 6) is -1.86. The molecule has 0 spiro atoms. The van der Waals surface area contributed by atoms with Crippen LogP contribution in [0.2, 0.25) is 13.1 Å². The van der Waals surface area contributed by atoms with Crippen LogP contribution < -0.4 is 0 Å². The first-order valence-corrected chi connectivity index (χ1v) is 30.5. The summed E-state index contributed by atoms with van der Waals surface area (Å²) in [5.41, 5.74) is 10.3. The van der Waals surface area contributed by atoms with E-state index in [9.17, 15) is 0 Å². The summed E-state index contributed by atoms with van der Waals surface area (Å²) in [7, 11) is 18.2. The molecule has 2 atom stereocenters. The molecule has 2 aliphatic rings. The van der Waals surface area contributed by atoms with Gasteiger partial charge in [-0.3, -0.25) is 0 Å². The molecule has 2 aliphatic carbocycles. The third kappa shape index (κ3) is 3.29. The van der Waals surface area contributed by atoms with Gasteiger partial charge in [-0.2, -0.15) is 0 Å². The van der Waals surface area contributed by atoms with E-state index in [2.05, 4.69) is 148 Å². The molecule has 4 aromatic carbocycles. The van der Waals surface area contributed by atoms with E-state index in [0.717, 1.165) is 12.8 Å². The van der Waals surface area contributed by atoms with Crippen LogP contribution in [0.5, 0.6) is 0 Å². The molecule has 40 heavy (non-hydrogen) atoms. The number of benzene rings is 4. The molecular formula is C36H37Cl2SiZr. The van der Waals surface area contributed by atoms with Crippen molar-refractivity contribution in [3.63, 3.8) is 0 Å². The summed E-state index contributed by atoms with van der Waals surface area (Å²) in [5, 5.41) is 0. The van der Waals surface area contributed by atoms with Crippen LogP contribution in [0, 0.1) is 0 Å². The van der Waals surface area contributed by atoms with Crippen LogP contribution in [0.1, 0.15) is 60.1 Å². The first kappa shape index (κ1) is 28.2. The van der Waals surface area contributed by atoms with Crippen LogP contribution in [0.4, 0.5) is 0 Å². The van der Waals surface area contributed by atoms with E-state index in [0.29, 0.717) is 0 Å². The molecule has 6 rings (SSSR count).